The summed E-state index contributed by atoms with van der Waals surface area (Å²) in [7, 11) is 0. The van der Waals surface area contributed by atoms with Crippen LogP contribution in [-0.4, -0.2) is 35.1 Å². The minimum absolute atomic E-state index is 0.0549. The quantitative estimate of drug-likeness (QED) is 0.856. The number of aliphatic hydroxyl groups is 1. The molecule has 7 heteroatoms. The van der Waals surface area contributed by atoms with Crippen molar-refractivity contribution in [3.8, 4) is 11.1 Å². The zero-order valence-corrected chi connectivity index (χ0v) is 14.0. The van der Waals surface area contributed by atoms with E-state index in [0.29, 0.717) is 17.7 Å². The van der Waals surface area contributed by atoms with Crippen molar-refractivity contribution < 1.29 is 23.1 Å². The van der Waals surface area contributed by atoms with Gasteiger partial charge in [-0.05, 0) is 23.8 Å². The van der Waals surface area contributed by atoms with Gasteiger partial charge in [-0.3, -0.25) is 9.69 Å². The summed E-state index contributed by atoms with van der Waals surface area (Å²) < 4.78 is 41.6. The second-order valence-electron chi connectivity index (χ2n) is 6.60. The number of amides is 1. The number of aliphatic hydroxyl groups excluding tert-OH is 1. The Hall–Kier alpha value is -2.38. The summed E-state index contributed by atoms with van der Waals surface area (Å²) in [5, 5.41) is 10.0. The van der Waals surface area contributed by atoms with Crippen LogP contribution in [0.25, 0.3) is 11.1 Å². The molecule has 1 aliphatic rings. The van der Waals surface area contributed by atoms with E-state index in [4.69, 9.17) is 5.73 Å². The summed E-state index contributed by atoms with van der Waals surface area (Å²) in [4.78, 5) is 12.9. The van der Waals surface area contributed by atoms with Crippen molar-refractivity contribution in [2.24, 2.45) is 11.7 Å². The van der Waals surface area contributed by atoms with E-state index in [1.807, 2.05) is 4.90 Å². The molecule has 0 aliphatic carbocycles. The van der Waals surface area contributed by atoms with Gasteiger partial charge in [-0.1, -0.05) is 18.2 Å². The lowest BCUT2D eigenvalue weighted by Gasteiger charge is -2.17. The maximum atomic E-state index is 14.2. The molecule has 0 radical (unpaired) electrons. The van der Waals surface area contributed by atoms with E-state index >= 15 is 0 Å². The van der Waals surface area contributed by atoms with E-state index in [-0.39, 0.29) is 31.0 Å². The molecule has 0 unspecified atom stereocenters. The number of carbonyl (C=O) groups is 1. The molecule has 1 amide bonds. The molecule has 2 aromatic rings. The van der Waals surface area contributed by atoms with E-state index in [1.54, 1.807) is 0 Å². The molecule has 0 spiro atoms. The average Bonchev–Trinajstić information content (AvgIpc) is 2.91. The maximum Gasteiger partial charge on any atom is 0.217 e. The van der Waals surface area contributed by atoms with Crippen molar-refractivity contribution in [3.63, 3.8) is 0 Å². The molecule has 2 atom stereocenters. The highest BCUT2D eigenvalue weighted by Crippen LogP contribution is 2.28. The summed E-state index contributed by atoms with van der Waals surface area (Å²) in [6.45, 7) is 0.876. The number of rotatable bonds is 5. The number of primary amides is 1. The van der Waals surface area contributed by atoms with Gasteiger partial charge < -0.3 is 10.8 Å². The minimum atomic E-state index is -0.983. The zero-order chi connectivity index (χ0) is 18.8. The fourth-order valence-corrected chi connectivity index (χ4v) is 3.36. The summed E-state index contributed by atoms with van der Waals surface area (Å²) in [5.74, 6) is -3.21. The topological polar surface area (TPSA) is 66.6 Å². The van der Waals surface area contributed by atoms with E-state index in [0.717, 1.165) is 6.07 Å². The molecule has 3 rings (SSSR count). The van der Waals surface area contributed by atoms with Crippen molar-refractivity contribution in [2.75, 3.05) is 13.1 Å². The van der Waals surface area contributed by atoms with Gasteiger partial charge in [-0.15, -0.1) is 0 Å². The highest BCUT2D eigenvalue weighted by molar-refractivity contribution is 5.74. The van der Waals surface area contributed by atoms with Crippen molar-refractivity contribution in [3.05, 3.63) is 59.4 Å². The highest BCUT2D eigenvalue weighted by Gasteiger charge is 2.32. The predicted octanol–water partition coefficient (Wildman–Crippen LogP) is 2.44. The Morgan fingerprint density at radius 3 is 2.65 bits per heavy atom. The van der Waals surface area contributed by atoms with E-state index in [9.17, 15) is 23.1 Å². The van der Waals surface area contributed by atoms with Crippen molar-refractivity contribution in [1.29, 1.82) is 0 Å². The van der Waals surface area contributed by atoms with Crippen LogP contribution in [-0.2, 0) is 11.3 Å². The molecular weight excluding hydrogens is 345 g/mol. The second-order valence-corrected chi connectivity index (χ2v) is 6.60. The van der Waals surface area contributed by atoms with Crippen LogP contribution < -0.4 is 5.73 Å². The summed E-state index contributed by atoms with van der Waals surface area (Å²) in [5.41, 5.74) is 5.90. The first-order valence-corrected chi connectivity index (χ1v) is 8.26. The van der Waals surface area contributed by atoms with Crippen LogP contribution in [0.1, 0.15) is 12.0 Å². The van der Waals surface area contributed by atoms with Crippen LogP contribution in [0.15, 0.2) is 36.4 Å². The Morgan fingerprint density at radius 2 is 1.92 bits per heavy atom. The number of likely N-dealkylation sites (tertiary alicyclic amines) is 1. The summed E-state index contributed by atoms with van der Waals surface area (Å²) >= 11 is 0. The Kier molecular flexibility index (Phi) is 5.29. The van der Waals surface area contributed by atoms with Crippen LogP contribution >= 0.6 is 0 Å². The van der Waals surface area contributed by atoms with Gasteiger partial charge in [0.2, 0.25) is 5.91 Å². The van der Waals surface area contributed by atoms with Gasteiger partial charge in [0.25, 0.3) is 0 Å². The Morgan fingerprint density at radius 1 is 1.15 bits per heavy atom. The molecular formula is C19H19F3N2O2. The Bertz CT molecular complexity index is 828. The van der Waals surface area contributed by atoms with Crippen molar-refractivity contribution >= 4 is 5.91 Å². The first-order chi connectivity index (χ1) is 12.3. The zero-order valence-electron chi connectivity index (χ0n) is 14.0. The number of halogens is 3. The Labute approximate surface area is 149 Å². The molecule has 3 N–H and O–H groups in total. The van der Waals surface area contributed by atoms with Gasteiger partial charge in [0.05, 0.1) is 6.10 Å². The van der Waals surface area contributed by atoms with Gasteiger partial charge in [-0.2, -0.15) is 0 Å². The number of hydrogen-bond acceptors (Lipinski definition) is 3. The third-order valence-electron chi connectivity index (χ3n) is 4.65. The molecule has 0 bridgehead atoms. The third kappa shape index (κ3) is 3.89. The molecule has 1 saturated heterocycles. The van der Waals surface area contributed by atoms with Crippen LogP contribution in [0, 0.1) is 23.4 Å². The molecule has 4 nitrogen and oxygen atoms in total. The molecule has 0 aromatic heterocycles. The molecule has 0 saturated carbocycles. The Balaban J connectivity index is 1.81. The highest BCUT2D eigenvalue weighted by atomic mass is 19.2. The number of β-amino-alcohol motifs (C(OH)–C–C–N with tert-alkyl or cyclic N) is 1. The van der Waals surface area contributed by atoms with Gasteiger partial charge in [0.1, 0.15) is 5.82 Å². The smallest absolute Gasteiger partial charge is 0.217 e. The third-order valence-corrected chi connectivity index (χ3v) is 4.65. The lowest BCUT2D eigenvalue weighted by molar-refractivity contribution is -0.119. The van der Waals surface area contributed by atoms with Crippen LogP contribution in [0.5, 0.6) is 0 Å². The SMILES string of the molecule is NC(=O)C[C@@H]1CN(Cc2cc(-c3cccc(F)c3F)ccc2F)C[C@H]1O. The van der Waals surface area contributed by atoms with Crippen LogP contribution in [0.3, 0.4) is 0 Å². The molecule has 1 heterocycles. The maximum absolute atomic E-state index is 14.2. The molecule has 1 fully saturated rings. The van der Waals surface area contributed by atoms with Gasteiger partial charge in [-0.25, -0.2) is 13.2 Å². The number of hydrogen-bond donors (Lipinski definition) is 2. The van der Waals surface area contributed by atoms with Gasteiger partial charge in [0.15, 0.2) is 11.6 Å². The lowest BCUT2D eigenvalue weighted by atomic mass is 10.0. The number of carbonyl (C=O) groups excluding carboxylic acids is 1. The molecule has 138 valence electrons. The molecule has 1 aliphatic heterocycles. The number of nitrogens with zero attached hydrogens (tertiary/aromatic N) is 1. The molecule has 26 heavy (non-hydrogen) atoms. The monoisotopic (exact) mass is 364 g/mol. The molecule has 2 aromatic carbocycles. The minimum Gasteiger partial charge on any atom is -0.391 e. The average molecular weight is 364 g/mol. The summed E-state index contributed by atoms with van der Waals surface area (Å²) in [6.07, 6.45) is -0.649. The lowest BCUT2D eigenvalue weighted by Crippen LogP contribution is -2.24. The fraction of sp³-hybridized carbons (Fsp3) is 0.316. The number of benzene rings is 2. The van der Waals surface area contributed by atoms with E-state index in [1.165, 1.54) is 30.3 Å². The van der Waals surface area contributed by atoms with Gasteiger partial charge >= 0.3 is 0 Å². The first-order valence-electron chi connectivity index (χ1n) is 8.26. The predicted molar refractivity (Wildman–Crippen MR) is 90.3 cm³/mol. The van der Waals surface area contributed by atoms with E-state index < -0.39 is 29.5 Å². The van der Waals surface area contributed by atoms with E-state index in [2.05, 4.69) is 0 Å². The van der Waals surface area contributed by atoms with Crippen LogP contribution in [0.2, 0.25) is 0 Å². The number of nitrogens with two attached hydrogens (primary N) is 1. The van der Waals surface area contributed by atoms with Gasteiger partial charge in [0, 0.05) is 43.1 Å². The fourth-order valence-electron chi connectivity index (χ4n) is 3.36. The van der Waals surface area contributed by atoms with Crippen molar-refractivity contribution in [1.82, 2.24) is 4.90 Å². The normalized spacial score (nSPS) is 20.5. The second kappa shape index (κ2) is 7.47. The standard InChI is InChI=1S/C19H19F3N2O2/c20-15-5-4-11(14-2-1-3-16(21)19(14)22)6-12(15)8-24-9-13(7-18(23)26)17(25)10-24/h1-6,13,17,25H,7-10H2,(H2,23,26)/t13-,17-/m1/s1. The summed E-state index contributed by atoms with van der Waals surface area (Å²) in [6, 6.07) is 7.92. The first kappa shape index (κ1) is 18.4. The largest absolute Gasteiger partial charge is 0.391 e. The van der Waals surface area contributed by atoms with Crippen LogP contribution in [0.4, 0.5) is 13.2 Å². The van der Waals surface area contributed by atoms with Crippen molar-refractivity contribution in [2.45, 2.75) is 19.1 Å².